The van der Waals surface area contributed by atoms with E-state index in [2.05, 4.69) is 0 Å². The molecule has 5 heteroatoms. The summed E-state index contributed by atoms with van der Waals surface area (Å²) in [4.78, 5) is 0.280. The van der Waals surface area contributed by atoms with E-state index in [1.165, 1.54) is 12.3 Å². The van der Waals surface area contributed by atoms with E-state index in [0.717, 1.165) is 5.56 Å². The third-order valence-electron chi connectivity index (χ3n) is 2.28. The normalized spacial score (nSPS) is 13.9. The second kappa shape index (κ2) is 4.51. The lowest BCUT2D eigenvalue weighted by atomic mass is 10.0. The molecule has 0 fully saturated rings. The van der Waals surface area contributed by atoms with Gasteiger partial charge >= 0.3 is 0 Å². The highest BCUT2D eigenvalue weighted by Gasteiger charge is 2.13. The van der Waals surface area contributed by atoms with Crippen LogP contribution in [0.5, 0.6) is 0 Å². The van der Waals surface area contributed by atoms with Gasteiger partial charge in [-0.05, 0) is 36.2 Å². The molecule has 0 aliphatic carbocycles. The van der Waals surface area contributed by atoms with Crippen LogP contribution in [0.25, 0.3) is 0 Å². The summed E-state index contributed by atoms with van der Waals surface area (Å²) in [5.74, 6) is 0.0548. The Morgan fingerprint density at radius 2 is 2.07 bits per heavy atom. The molecule has 84 valence electrons. The second-order valence-electron chi connectivity index (χ2n) is 3.59. The van der Waals surface area contributed by atoms with E-state index in [0.29, 0.717) is 11.6 Å². The first-order valence-corrected chi connectivity index (χ1v) is 6.82. The molecular weight excluding hydrogens is 234 g/mol. The number of benzene rings is 1. The number of hydrogen-bond donors (Lipinski definition) is 1. The Kier molecular flexibility index (Phi) is 3.76. The highest BCUT2D eigenvalue weighted by atomic mass is 35.5. The first-order chi connectivity index (χ1) is 6.86. The first-order valence-electron chi connectivity index (χ1n) is 4.56. The SMILES string of the molecule is CC(CN)c1cc(S(C)(=O)=O)ccc1Cl. The van der Waals surface area contributed by atoms with Crippen molar-refractivity contribution < 1.29 is 8.42 Å². The third-order valence-corrected chi connectivity index (χ3v) is 3.73. The summed E-state index contributed by atoms with van der Waals surface area (Å²) >= 11 is 5.97. The molecule has 0 heterocycles. The number of hydrogen-bond acceptors (Lipinski definition) is 3. The number of nitrogens with two attached hydrogens (primary N) is 1. The van der Waals surface area contributed by atoms with Crippen molar-refractivity contribution in [2.45, 2.75) is 17.7 Å². The van der Waals surface area contributed by atoms with Crippen LogP contribution in [0.3, 0.4) is 0 Å². The number of rotatable bonds is 3. The fraction of sp³-hybridized carbons (Fsp3) is 0.400. The van der Waals surface area contributed by atoms with Crippen molar-refractivity contribution in [1.29, 1.82) is 0 Å². The average Bonchev–Trinajstić information content (AvgIpc) is 2.15. The maximum Gasteiger partial charge on any atom is 0.175 e. The van der Waals surface area contributed by atoms with Crippen LogP contribution in [-0.2, 0) is 9.84 Å². The van der Waals surface area contributed by atoms with E-state index in [1.807, 2.05) is 6.92 Å². The summed E-state index contributed by atoms with van der Waals surface area (Å²) in [6, 6.07) is 4.69. The monoisotopic (exact) mass is 247 g/mol. The number of sulfone groups is 1. The minimum Gasteiger partial charge on any atom is -0.330 e. The van der Waals surface area contributed by atoms with Crippen molar-refractivity contribution in [3.8, 4) is 0 Å². The summed E-state index contributed by atoms with van der Waals surface area (Å²) in [5, 5.41) is 0.556. The van der Waals surface area contributed by atoms with Gasteiger partial charge in [-0.2, -0.15) is 0 Å². The Labute approximate surface area is 95.2 Å². The van der Waals surface area contributed by atoms with E-state index in [1.54, 1.807) is 12.1 Å². The molecule has 0 saturated heterocycles. The van der Waals surface area contributed by atoms with Gasteiger partial charge in [-0.1, -0.05) is 18.5 Å². The zero-order valence-electron chi connectivity index (χ0n) is 8.70. The Hall–Kier alpha value is -0.580. The predicted octanol–water partition coefficient (Wildman–Crippen LogP) is 1.81. The maximum absolute atomic E-state index is 11.3. The molecule has 1 aromatic carbocycles. The van der Waals surface area contributed by atoms with Crippen molar-refractivity contribution in [2.75, 3.05) is 12.8 Å². The lowest BCUT2D eigenvalue weighted by molar-refractivity contribution is 0.601. The van der Waals surface area contributed by atoms with Crippen LogP contribution in [0.2, 0.25) is 5.02 Å². The molecule has 0 aromatic heterocycles. The maximum atomic E-state index is 11.3. The summed E-state index contributed by atoms with van der Waals surface area (Å²) in [6.07, 6.45) is 1.17. The third kappa shape index (κ3) is 2.93. The molecule has 0 bridgehead atoms. The molecule has 0 spiro atoms. The summed E-state index contributed by atoms with van der Waals surface area (Å²) in [7, 11) is -3.18. The van der Waals surface area contributed by atoms with Crippen molar-refractivity contribution in [2.24, 2.45) is 5.73 Å². The summed E-state index contributed by atoms with van der Waals surface area (Å²) in [5.41, 5.74) is 6.30. The van der Waals surface area contributed by atoms with Crippen LogP contribution in [-0.4, -0.2) is 21.2 Å². The van der Waals surface area contributed by atoms with E-state index >= 15 is 0 Å². The smallest absolute Gasteiger partial charge is 0.175 e. The fourth-order valence-corrected chi connectivity index (χ4v) is 2.22. The highest BCUT2D eigenvalue weighted by Crippen LogP contribution is 2.26. The van der Waals surface area contributed by atoms with Crippen LogP contribution < -0.4 is 5.73 Å². The molecule has 1 unspecified atom stereocenters. The van der Waals surface area contributed by atoms with Gasteiger partial charge in [0.1, 0.15) is 0 Å². The van der Waals surface area contributed by atoms with E-state index < -0.39 is 9.84 Å². The van der Waals surface area contributed by atoms with Crippen molar-refractivity contribution in [1.82, 2.24) is 0 Å². The van der Waals surface area contributed by atoms with Crippen molar-refractivity contribution in [3.63, 3.8) is 0 Å². The van der Waals surface area contributed by atoms with Gasteiger partial charge in [0.15, 0.2) is 9.84 Å². The van der Waals surface area contributed by atoms with E-state index in [9.17, 15) is 8.42 Å². The topological polar surface area (TPSA) is 60.2 Å². The molecular formula is C10H14ClNO2S. The molecule has 0 aliphatic rings. The minimum absolute atomic E-state index is 0.0548. The van der Waals surface area contributed by atoms with Gasteiger partial charge in [0.2, 0.25) is 0 Å². The van der Waals surface area contributed by atoms with E-state index in [4.69, 9.17) is 17.3 Å². The first kappa shape index (κ1) is 12.5. The van der Waals surface area contributed by atoms with Gasteiger partial charge in [-0.25, -0.2) is 8.42 Å². The molecule has 0 radical (unpaired) electrons. The Morgan fingerprint density at radius 3 is 2.53 bits per heavy atom. The molecule has 1 aromatic rings. The average molecular weight is 248 g/mol. The molecule has 0 amide bonds. The van der Waals surface area contributed by atoms with Crippen LogP contribution in [0.15, 0.2) is 23.1 Å². The molecule has 3 nitrogen and oxygen atoms in total. The predicted molar refractivity (Wildman–Crippen MR) is 62.0 cm³/mol. The Bertz CT molecular complexity index is 456. The molecule has 15 heavy (non-hydrogen) atoms. The molecule has 1 atom stereocenters. The highest BCUT2D eigenvalue weighted by molar-refractivity contribution is 7.90. The van der Waals surface area contributed by atoms with Gasteiger partial charge in [-0.15, -0.1) is 0 Å². The van der Waals surface area contributed by atoms with Crippen molar-refractivity contribution in [3.05, 3.63) is 28.8 Å². The van der Waals surface area contributed by atoms with E-state index in [-0.39, 0.29) is 10.8 Å². The van der Waals surface area contributed by atoms with Crippen LogP contribution in [0.1, 0.15) is 18.4 Å². The van der Waals surface area contributed by atoms with Crippen LogP contribution in [0, 0.1) is 0 Å². The number of halogens is 1. The largest absolute Gasteiger partial charge is 0.330 e. The lowest BCUT2D eigenvalue weighted by Gasteiger charge is -2.12. The van der Waals surface area contributed by atoms with Crippen LogP contribution >= 0.6 is 11.6 Å². The standard InChI is InChI=1S/C10H14ClNO2S/c1-7(6-12)9-5-8(15(2,13)14)3-4-10(9)11/h3-5,7H,6,12H2,1-2H3. The van der Waals surface area contributed by atoms with Gasteiger partial charge < -0.3 is 5.73 Å². The molecule has 1 rings (SSSR count). The van der Waals surface area contributed by atoms with Gasteiger partial charge in [0, 0.05) is 11.3 Å². The minimum atomic E-state index is -3.18. The zero-order valence-corrected chi connectivity index (χ0v) is 10.3. The quantitative estimate of drug-likeness (QED) is 0.886. The fourth-order valence-electron chi connectivity index (χ4n) is 1.26. The Balaban J connectivity index is 3.29. The Morgan fingerprint density at radius 1 is 1.47 bits per heavy atom. The zero-order chi connectivity index (χ0) is 11.6. The summed E-state index contributed by atoms with van der Waals surface area (Å²) < 4.78 is 22.7. The molecule has 2 N–H and O–H groups in total. The van der Waals surface area contributed by atoms with Crippen molar-refractivity contribution >= 4 is 21.4 Å². The summed E-state index contributed by atoms with van der Waals surface area (Å²) in [6.45, 7) is 2.35. The van der Waals surface area contributed by atoms with Gasteiger partial charge in [0.25, 0.3) is 0 Å². The van der Waals surface area contributed by atoms with Gasteiger partial charge in [0.05, 0.1) is 4.90 Å². The molecule has 0 saturated carbocycles. The van der Waals surface area contributed by atoms with Gasteiger partial charge in [-0.3, -0.25) is 0 Å². The van der Waals surface area contributed by atoms with Crippen LogP contribution in [0.4, 0.5) is 0 Å². The molecule has 0 aliphatic heterocycles. The lowest BCUT2D eigenvalue weighted by Crippen LogP contribution is -2.10. The second-order valence-corrected chi connectivity index (χ2v) is 6.02.